The second kappa shape index (κ2) is 11.2. The second-order valence-electron chi connectivity index (χ2n) is 7.14. The summed E-state index contributed by atoms with van der Waals surface area (Å²) in [5.74, 6) is -0.494. The number of hydrogen-bond donors (Lipinski definition) is 1. The van der Waals surface area contributed by atoms with Crippen LogP contribution in [0.25, 0.3) is 0 Å². The van der Waals surface area contributed by atoms with Gasteiger partial charge in [0.15, 0.2) is 0 Å². The first kappa shape index (κ1) is 24.8. The summed E-state index contributed by atoms with van der Waals surface area (Å²) in [5.41, 5.74) is 1.28. The fourth-order valence-electron chi connectivity index (χ4n) is 2.83. The highest BCUT2D eigenvalue weighted by atomic mass is 35.5. The van der Waals surface area contributed by atoms with Crippen LogP contribution in [0, 0.1) is 0 Å². The molecule has 1 N–H and O–H groups in total. The zero-order chi connectivity index (χ0) is 22.4. The number of carbonyl (C=O) groups is 2. The van der Waals surface area contributed by atoms with E-state index in [9.17, 15) is 9.59 Å². The van der Waals surface area contributed by atoms with E-state index in [4.69, 9.17) is 46.4 Å². The Bertz CT molecular complexity index is 900. The normalized spacial score (nSPS) is 12.9. The molecule has 0 saturated carbocycles. The fraction of sp³-hybridized carbons (Fsp3) is 0.364. The molecule has 2 atom stereocenters. The Morgan fingerprint density at radius 1 is 0.967 bits per heavy atom. The van der Waals surface area contributed by atoms with E-state index >= 15 is 0 Å². The molecule has 30 heavy (non-hydrogen) atoms. The van der Waals surface area contributed by atoms with E-state index in [0.29, 0.717) is 31.2 Å². The average molecular weight is 490 g/mol. The van der Waals surface area contributed by atoms with Crippen LogP contribution in [0.1, 0.15) is 38.3 Å². The minimum absolute atomic E-state index is 0.00382. The third-order valence-electron chi connectivity index (χ3n) is 4.90. The summed E-state index contributed by atoms with van der Waals surface area (Å²) in [6.45, 7) is 5.69. The quantitative estimate of drug-likeness (QED) is 0.481. The molecule has 0 spiro atoms. The van der Waals surface area contributed by atoms with Gasteiger partial charge in [0, 0.05) is 28.2 Å². The lowest BCUT2D eigenvalue weighted by Crippen LogP contribution is -2.50. The van der Waals surface area contributed by atoms with Crippen molar-refractivity contribution < 1.29 is 9.59 Å². The highest BCUT2D eigenvalue weighted by Gasteiger charge is 2.28. The number of carbonyl (C=O) groups excluding carboxylic acids is 2. The van der Waals surface area contributed by atoms with E-state index in [1.165, 1.54) is 4.90 Å². The topological polar surface area (TPSA) is 49.4 Å². The van der Waals surface area contributed by atoms with Crippen LogP contribution in [0.5, 0.6) is 0 Å². The van der Waals surface area contributed by atoms with Crippen LogP contribution in [0.3, 0.4) is 0 Å². The molecule has 0 radical (unpaired) electrons. The highest BCUT2D eigenvalue weighted by molar-refractivity contribution is 6.42. The van der Waals surface area contributed by atoms with Crippen molar-refractivity contribution >= 4 is 58.2 Å². The van der Waals surface area contributed by atoms with Gasteiger partial charge in [0.25, 0.3) is 0 Å². The molecule has 2 aromatic rings. The molecule has 4 nitrogen and oxygen atoms in total. The Morgan fingerprint density at radius 2 is 1.60 bits per heavy atom. The van der Waals surface area contributed by atoms with Crippen LogP contribution in [0.2, 0.25) is 20.1 Å². The SMILES string of the molecule is CC[C@H](C)NC(=O)[C@@H](C)N(Cc1c(Cl)cccc1Cl)C(=O)Cc1ccc(Cl)c(Cl)c1. The number of amides is 2. The van der Waals surface area contributed by atoms with Gasteiger partial charge in [0.1, 0.15) is 6.04 Å². The van der Waals surface area contributed by atoms with Gasteiger partial charge >= 0.3 is 0 Å². The third kappa shape index (κ3) is 6.52. The monoisotopic (exact) mass is 488 g/mol. The Kier molecular flexibility index (Phi) is 9.30. The molecule has 0 heterocycles. The molecule has 2 aromatic carbocycles. The largest absolute Gasteiger partial charge is 0.352 e. The highest BCUT2D eigenvalue weighted by Crippen LogP contribution is 2.27. The van der Waals surface area contributed by atoms with E-state index in [-0.39, 0.29) is 30.8 Å². The molecule has 0 aliphatic rings. The maximum atomic E-state index is 13.2. The lowest BCUT2D eigenvalue weighted by Gasteiger charge is -2.30. The lowest BCUT2D eigenvalue weighted by atomic mass is 10.1. The van der Waals surface area contributed by atoms with Crippen molar-refractivity contribution in [1.82, 2.24) is 10.2 Å². The van der Waals surface area contributed by atoms with Crippen LogP contribution in [-0.4, -0.2) is 28.8 Å². The molecule has 8 heteroatoms. The second-order valence-corrected chi connectivity index (χ2v) is 8.77. The first-order valence-corrected chi connectivity index (χ1v) is 11.1. The van der Waals surface area contributed by atoms with Gasteiger partial charge in [0.2, 0.25) is 11.8 Å². The van der Waals surface area contributed by atoms with Crippen molar-refractivity contribution in [1.29, 1.82) is 0 Å². The van der Waals surface area contributed by atoms with Gasteiger partial charge in [-0.3, -0.25) is 9.59 Å². The lowest BCUT2D eigenvalue weighted by molar-refractivity contribution is -0.140. The van der Waals surface area contributed by atoms with Gasteiger partial charge in [-0.2, -0.15) is 0 Å². The summed E-state index contributed by atoms with van der Waals surface area (Å²) >= 11 is 24.7. The van der Waals surface area contributed by atoms with Crippen molar-refractivity contribution in [2.75, 3.05) is 0 Å². The maximum absolute atomic E-state index is 13.2. The van der Waals surface area contributed by atoms with Gasteiger partial charge in [-0.15, -0.1) is 0 Å². The van der Waals surface area contributed by atoms with Crippen molar-refractivity contribution in [3.8, 4) is 0 Å². The maximum Gasteiger partial charge on any atom is 0.242 e. The molecule has 0 saturated heterocycles. The Balaban J connectivity index is 2.32. The van der Waals surface area contributed by atoms with E-state index in [0.717, 1.165) is 6.42 Å². The van der Waals surface area contributed by atoms with Gasteiger partial charge in [0.05, 0.1) is 16.5 Å². The van der Waals surface area contributed by atoms with Crippen molar-refractivity contribution in [2.45, 2.75) is 52.2 Å². The van der Waals surface area contributed by atoms with Gasteiger partial charge < -0.3 is 10.2 Å². The summed E-state index contributed by atoms with van der Waals surface area (Å²) in [7, 11) is 0. The molecule has 0 aliphatic heterocycles. The van der Waals surface area contributed by atoms with E-state index in [1.54, 1.807) is 43.3 Å². The van der Waals surface area contributed by atoms with E-state index < -0.39 is 6.04 Å². The zero-order valence-corrected chi connectivity index (χ0v) is 20.0. The van der Waals surface area contributed by atoms with Crippen LogP contribution in [0.15, 0.2) is 36.4 Å². The Hall–Kier alpha value is -1.46. The molecular formula is C22H24Cl4N2O2. The van der Waals surface area contributed by atoms with Crippen molar-refractivity contribution in [3.63, 3.8) is 0 Å². The number of rotatable bonds is 8. The fourth-order valence-corrected chi connectivity index (χ4v) is 3.67. The Labute approximate surface area is 197 Å². The van der Waals surface area contributed by atoms with Crippen molar-refractivity contribution in [3.05, 3.63) is 67.6 Å². The average Bonchev–Trinajstić information content (AvgIpc) is 2.69. The number of halogens is 4. The number of hydrogen-bond acceptors (Lipinski definition) is 2. The number of nitrogens with zero attached hydrogens (tertiary/aromatic N) is 1. The first-order valence-electron chi connectivity index (χ1n) is 9.60. The zero-order valence-electron chi connectivity index (χ0n) is 17.0. The van der Waals surface area contributed by atoms with Crippen LogP contribution in [0.4, 0.5) is 0 Å². The minimum atomic E-state index is -0.721. The molecule has 0 fully saturated rings. The summed E-state index contributed by atoms with van der Waals surface area (Å²) in [4.78, 5) is 27.5. The molecule has 0 bridgehead atoms. The third-order valence-corrected chi connectivity index (χ3v) is 6.35. The van der Waals surface area contributed by atoms with Crippen molar-refractivity contribution in [2.24, 2.45) is 0 Å². The standard InChI is InChI=1S/C22H24Cl4N2O2/c1-4-13(2)27-22(30)14(3)28(12-16-17(23)6-5-7-18(16)24)21(29)11-15-8-9-19(25)20(26)10-15/h5-10,13-14H,4,11-12H2,1-3H3,(H,27,30)/t13-,14+/m0/s1. The van der Waals surface area contributed by atoms with Gasteiger partial charge in [-0.05, 0) is 50.1 Å². The van der Waals surface area contributed by atoms with E-state index in [1.807, 2.05) is 13.8 Å². The summed E-state index contributed by atoms with van der Waals surface area (Å²) in [5, 5.41) is 4.57. The predicted molar refractivity (Wildman–Crippen MR) is 125 cm³/mol. The molecule has 0 aromatic heterocycles. The summed E-state index contributed by atoms with van der Waals surface area (Å²) in [6.07, 6.45) is 0.839. The van der Waals surface area contributed by atoms with E-state index in [2.05, 4.69) is 5.32 Å². The van der Waals surface area contributed by atoms with Crippen LogP contribution < -0.4 is 5.32 Å². The summed E-state index contributed by atoms with van der Waals surface area (Å²) < 4.78 is 0. The molecule has 0 unspecified atom stereocenters. The Morgan fingerprint density at radius 3 is 2.17 bits per heavy atom. The summed E-state index contributed by atoms with van der Waals surface area (Å²) in [6, 6.07) is 9.43. The molecule has 2 rings (SSSR count). The first-order chi connectivity index (χ1) is 14.1. The predicted octanol–water partition coefficient (Wildman–Crippen LogP) is 6.17. The molecular weight excluding hydrogens is 466 g/mol. The van der Waals surface area contributed by atoms with Crippen LogP contribution >= 0.6 is 46.4 Å². The van der Waals surface area contributed by atoms with Gasteiger partial charge in [-0.1, -0.05) is 65.5 Å². The smallest absolute Gasteiger partial charge is 0.242 e. The number of nitrogens with one attached hydrogen (secondary N) is 1. The molecule has 0 aliphatic carbocycles. The number of benzene rings is 2. The van der Waals surface area contributed by atoms with Gasteiger partial charge in [-0.25, -0.2) is 0 Å². The molecule has 2 amide bonds. The molecule has 162 valence electrons. The minimum Gasteiger partial charge on any atom is -0.352 e. The van der Waals surface area contributed by atoms with Crippen LogP contribution in [-0.2, 0) is 22.6 Å².